The lowest BCUT2D eigenvalue weighted by Crippen LogP contribution is -3.15. The van der Waals surface area contributed by atoms with E-state index in [0.717, 1.165) is 17.7 Å². The number of benzene rings is 1. The number of carbonyl (C=O) groups excluding carboxylic acids is 2. The van der Waals surface area contributed by atoms with E-state index in [-0.39, 0.29) is 24.4 Å². The monoisotopic (exact) mass is 362 g/mol. The van der Waals surface area contributed by atoms with Crippen LogP contribution in [0.2, 0.25) is 0 Å². The Morgan fingerprint density at radius 1 is 1.31 bits per heavy atom. The SMILES string of the molecule is COc1cccc(NC(=O)C[NH+](C)[C@@H](C)C(=O)N(C)C2CCCCC2)c1. The zero-order valence-corrected chi connectivity index (χ0v) is 16.4. The zero-order chi connectivity index (χ0) is 19.1. The third kappa shape index (κ3) is 5.46. The van der Waals surface area contributed by atoms with Gasteiger partial charge >= 0.3 is 0 Å². The first kappa shape index (κ1) is 20.2. The minimum absolute atomic E-state index is 0.114. The average molecular weight is 362 g/mol. The highest BCUT2D eigenvalue weighted by molar-refractivity contribution is 5.91. The van der Waals surface area contributed by atoms with Gasteiger partial charge in [0.1, 0.15) is 5.75 Å². The Bertz CT molecular complexity index is 614. The molecule has 6 heteroatoms. The number of hydrogen-bond acceptors (Lipinski definition) is 3. The summed E-state index contributed by atoms with van der Waals surface area (Å²) in [7, 11) is 5.38. The number of quaternary nitrogens is 1. The fourth-order valence-electron chi connectivity index (χ4n) is 3.48. The highest BCUT2D eigenvalue weighted by Crippen LogP contribution is 2.21. The van der Waals surface area contributed by atoms with E-state index in [2.05, 4.69) is 5.32 Å². The van der Waals surface area contributed by atoms with Gasteiger partial charge in [0, 0.05) is 24.8 Å². The number of hydrogen-bond donors (Lipinski definition) is 2. The second-order valence-corrected chi connectivity index (χ2v) is 7.27. The van der Waals surface area contributed by atoms with Gasteiger partial charge in [0.2, 0.25) is 0 Å². The number of nitrogens with one attached hydrogen (secondary N) is 2. The van der Waals surface area contributed by atoms with E-state index in [1.807, 2.05) is 44.1 Å². The van der Waals surface area contributed by atoms with Crippen molar-refractivity contribution >= 4 is 17.5 Å². The molecule has 2 atom stereocenters. The molecule has 0 aromatic heterocycles. The summed E-state index contributed by atoms with van der Waals surface area (Å²) < 4.78 is 5.16. The lowest BCUT2D eigenvalue weighted by atomic mass is 9.94. The van der Waals surface area contributed by atoms with E-state index in [1.165, 1.54) is 19.3 Å². The standard InChI is InChI=1S/C20H31N3O3/c1-15(20(25)23(3)17-10-6-5-7-11-17)22(2)14-19(24)21-16-9-8-12-18(13-16)26-4/h8-9,12-13,15,17H,5-7,10-11,14H2,1-4H3,(H,21,24)/p+1/t15-/m0/s1. The van der Waals surface area contributed by atoms with Gasteiger partial charge in [-0.1, -0.05) is 25.3 Å². The zero-order valence-electron chi connectivity index (χ0n) is 16.4. The number of methoxy groups -OCH3 is 1. The van der Waals surface area contributed by atoms with Crippen molar-refractivity contribution in [3.8, 4) is 5.75 Å². The molecule has 2 rings (SSSR count). The Kier molecular flexibility index (Phi) is 7.45. The Morgan fingerprint density at radius 3 is 2.65 bits per heavy atom. The summed E-state index contributed by atoms with van der Waals surface area (Å²) in [6.07, 6.45) is 5.84. The van der Waals surface area contributed by atoms with Crippen molar-refractivity contribution in [1.29, 1.82) is 0 Å². The van der Waals surface area contributed by atoms with Crippen molar-refractivity contribution < 1.29 is 19.2 Å². The molecule has 1 aromatic rings. The first-order valence-electron chi connectivity index (χ1n) is 9.45. The maximum absolute atomic E-state index is 12.8. The van der Waals surface area contributed by atoms with Gasteiger partial charge in [0.05, 0.1) is 14.2 Å². The smallest absolute Gasteiger partial charge is 0.280 e. The molecule has 0 aliphatic heterocycles. The third-order valence-electron chi connectivity index (χ3n) is 5.37. The molecule has 0 heterocycles. The molecule has 144 valence electrons. The van der Waals surface area contributed by atoms with Crippen LogP contribution in [0.1, 0.15) is 39.0 Å². The molecule has 0 bridgehead atoms. The minimum Gasteiger partial charge on any atom is -0.497 e. The summed E-state index contributed by atoms with van der Waals surface area (Å²) in [5.74, 6) is 0.695. The summed E-state index contributed by atoms with van der Waals surface area (Å²) in [5.41, 5.74) is 0.695. The molecule has 6 nitrogen and oxygen atoms in total. The molecule has 1 saturated carbocycles. The van der Waals surface area contributed by atoms with Crippen LogP contribution in [0.4, 0.5) is 5.69 Å². The van der Waals surface area contributed by atoms with Gasteiger partial charge < -0.3 is 19.9 Å². The normalized spacial score (nSPS) is 17.2. The van der Waals surface area contributed by atoms with Crippen LogP contribution in [0.3, 0.4) is 0 Å². The van der Waals surface area contributed by atoms with E-state index in [1.54, 1.807) is 13.2 Å². The summed E-state index contributed by atoms with van der Waals surface area (Å²) >= 11 is 0. The maximum Gasteiger partial charge on any atom is 0.280 e. The Labute approximate surface area is 156 Å². The number of amides is 2. The van der Waals surface area contributed by atoms with Crippen molar-refractivity contribution in [2.45, 2.75) is 51.1 Å². The quantitative estimate of drug-likeness (QED) is 0.769. The number of likely N-dealkylation sites (N-methyl/N-ethyl adjacent to an activating group) is 2. The van der Waals surface area contributed by atoms with Crippen LogP contribution in [0, 0.1) is 0 Å². The molecule has 1 aliphatic carbocycles. The number of rotatable bonds is 7. The number of anilines is 1. The molecule has 2 N–H and O–H groups in total. The third-order valence-corrected chi connectivity index (χ3v) is 5.37. The molecule has 0 saturated heterocycles. The Morgan fingerprint density at radius 2 is 2.00 bits per heavy atom. The van der Waals surface area contributed by atoms with Crippen LogP contribution in [-0.2, 0) is 9.59 Å². The van der Waals surface area contributed by atoms with E-state index < -0.39 is 0 Å². The second-order valence-electron chi connectivity index (χ2n) is 7.27. The Balaban J connectivity index is 1.87. The molecular formula is C20H32N3O3+. The van der Waals surface area contributed by atoms with Gasteiger partial charge in [0.15, 0.2) is 12.6 Å². The van der Waals surface area contributed by atoms with Gasteiger partial charge in [-0.2, -0.15) is 0 Å². The topological polar surface area (TPSA) is 63.1 Å². The molecule has 2 amide bonds. The molecule has 0 spiro atoms. The largest absolute Gasteiger partial charge is 0.497 e. The van der Waals surface area contributed by atoms with Crippen molar-refractivity contribution in [2.75, 3.05) is 33.1 Å². The second kappa shape index (κ2) is 9.57. The number of ether oxygens (including phenoxy) is 1. The van der Waals surface area contributed by atoms with Crippen LogP contribution in [0.5, 0.6) is 5.75 Å². The van der Waals surface area contributed by atoms with Crippen LogP contribution >= 0.6 is 0 Å². The molecule has 1 aromatic carbocycles. The molecule has 1 fully saturated rings. The van der Waals surface area contributed by atoms with Gasteiger partial charge in [-0.15, -0.1) is 0 Å². The van der Waals surface area contributed by atoms with Gasteiger partial charge in [-0.3, -0.25) is 9.59 Å². The molecule has 0 radical (unpaired) electrons. The highest BCUT2D eigenvalue weighted by Gasteiger charge is 2.30. The van der Waals surface area contributed by atoms with Crippen LogP contribution in [0.15, 0.2) is 24.3 Å². The van der Waals surface area contributed by atoms with Crippen LogP contribution in [-0.4, -0.2) is 56.5 Å². The molecule has 1 unspecified atom stereocenters. The fraction of sp³-hybridized carbons (Fsp3) is 0.600. The lowest BCUT2D eigenvalue weighted by molar-refractivity contribution is -0.886. The van der Waals surface area contributed by atoms with Crippen LogP contribution in [0.25, 0.3) is 0 Å². The highest BCUT2D eigenvalue weighted by atomic mass is 16.5. The average Bonchev–Trinajstić information content (AvgIpc) is 2.66. The fourth-order valence-corrected chi connectivity index (χ4v) is 3.48. The predicted molar refractivity (Wildman–Crippen MR) is 102 cm³/mol. The first-order chi connectivity index (χ1) is 12.4. The van der Waals surface area contributed by atoms with Crippen molar-refractivity contribution in [3.63, 3.8) is 0 Å². The van der Waals surface area contributed by atoms with Crippen molar-refractivity contribution in [1.82, 2.24) is 4.90 Å². The molecular weight excluding hydrogens is 330 g/mol. The Hall–Kier alpha value is -2.08. The van der Waals surface area contributed by atoms with E-state index >= 15 is 0 Å². The summed E-state index contributed by atoms with van der Waals surface area (Å²) in [5, 5.41) is 2.87. The van der Waals surface area contributed by atoms with Gasteiger partial charge in [0.25, 0.3) is 11.8 Å². The van der Waals surface area contributed by atoms with Crippen LogP contribution < -0.4 is 15.0 Å². The molecule has 26 heavy (non-hydrogen) atoms. The summed E-state index contributed by atoms with van der Waals surface area (Å²) in [4.78, 5) is 27.9. The minimum atomic E-state index is -0.252. The maximum atomic E-state index is 12.8. The van der Waals surface area contributed by atoms with Crippen molar-refractivity contribution in [2.24, 2.45) is 0 Å². The van der Waals surface area contributed by atoms with Crippen molar-refractivity contribution in [3.05, 3.63) is 24.3 Å². The number of nitrogens with zero attached hydrogens (tertiary/aromatic N) is 1. The lowest BCUT2D eigenvalue weighted by Gasteiger charge is -2.33. The first-order valence-corrected chi connectivity index (χ1v) is 9.45. The molecule has 1 aliphatic rings. The van der Waals surface area contributed by atoms with E-state index in [4.69, 9.17) is 4.74 Å². The van der Waals surface area contributed by atoms with E-state index in [9.17, 15) is 9.59 Å². The predicted octanol–water partition coefficient (Wildman–Crippen LogP) is 1.33. The van der Waals surface area contributed by atoms with E-state index in [0.29, 0.717) is 17.5 Å². The number of carbonyl (C=O) groups is 2. The van der Waals surface area contributed by atoms with Gasteiger partial charge in [-0.05, 0) is 31.9 Å². The summed E-state index contributed by atoms with van der Waals surface area (Å²) in [6, 6.07) is 7.35. The summed E-state index contributed by atoms with van der Waals surface area (Å²) in [6.45, 7) is 2.14. The van der Waals surface area contributed by atoms with Gasteiger partial charge in [-0.25, -0.2) is 0 Å².